The van der Waals surface area contributed by atoms with Gasteiger partial charge in [-0.25, -0.2) is 14.8 Å². The number of thiazole rings is 1. The highest BCUT2D eigenvalue weighted by Gasteiger charge is 2.49. The Bertz CT molecular complexity index is 1650. The first kappa shape index (κ1) is 24.2. The van der Waals surface area contributed by atoms with Crippen molar-refractivity contribution in [3.63, 3.8) is 0 Å². The maximum Gasteiger partial charge on any atom is 0.350 e. The molecule has 0 saturated carbocycles. The van der Waals surface area contributed by atoms with E-state index in [0.717, 1.165) is 21.8 Å². The predicted octanol–water partition coefficient (Wildman–Crippen LogP) is 3.83. The first-order valence-electron chi connectivity index (χ1n) is 11.2. The Labute approximate surface area is 215 Å². The third-order valence-corrected chi connectivity index (χ3v) is 7.44. The van der Waals surface area contributed by atoms with E-state index in [1.165, 1.54) is 19.2 Å². The van der Waals surface area contributed by atoms with Gasteiger partial charge in [-0.1, -0.05) is 29.5 Å². The Morgan fingerprint density at radius 3 is 2.54 bits per heavy atom. The zero-order chi connectivity index (χ0) is 26.6. The quantitative estimate of drug-likeness (QED) is 0.180. The average molecular weight is 519 g/mol. The monoisotopic (exact) mass is 518 g/mol. The highest BCUT2D eigenvalue weighted by Crippen LogP contribution is 2.44. The molecule has 1 fully saturated rings. The van der Waals surface area contributed by atoms with Gasteiger partial charge < -0.3 is 19.4 Å². The number of imidazole rings is 1. The number of phenolic OH excluding ortho intramolecular Hbond substituents is 1. The first-order valence-corrected chi connectivity index (χ1v) is 12.1. The zero-order valence-electron chi connectivity index (χ0n) is 20.3. The van der Waals surface area contributed by atoms with Gasteiger partial charge in [0.2, 0.25) is 0 Å². The van der Waals surface area contributed by atoms with Gasteiger partial charge in [0, 0.05) is 6.20 Å². The lowest BCUT2D eigenvalue weighted by molar-refractivity contribution is -0.132. The summed E-state index contributed by atoms with van der Waals surface area (Å²) in [5, 5.41) is 21.7. The number of methoxy groups -OCH3 is 1. The number of rotatable bonds is 4. The fourth-order valence-corrected chi connectivity index (χ4v) is 5.49. The number of phenols is 1. The molecule has 0 spiro atoms. The molecule has 1 aliphatic rings. The normalized spacial score (nSPS) is 17.1. The summed E-state index contributed by atoms with van der Waals surface area (Å²) in [6, 6.07) is 8.63. The minimum atomic E-state index is -1.13. The number of aromatic nitrogens is 3. The van der Waals surface area contributed by atoms with Gasteiger partial charge in [0.1, 0.15) is 22.0 Å². The lowest BCUT2D eigenvalue weighted by Gasteiger charge is -2.23. The van der Waals surface area contributed by atoms with Gasteiger partial charge in [0.05, 0.1) is 30.1 Å². The SMILES string of the molecule is COC(=O)c1sc(N2C(=O)C(=O)C(=C(O)c3nc4c(C)cccn4c3C)C2c2cccc(O)c2)nc1C. The van der Waals surface area contributed by atoms with E-state index in [1.807, 2.05) is 19.1 Å². The Kier molecular flexibility index (Phi) is 5.79. The number of esters is 1. The molecular weight excluding hydrogens is 496 g/mol. The van der Waals surface area contributed by atoms with Crippen molar-refractivity contribution < 1.29 is 29.3 Å². The number of fused-ring (bicyclic) bond motifs is 1. The maximum atomic E-state index is 13.4. The molecule has 0 bridgehead atoms. The van der Waals surface area contributed by atoms with Crippen LogP contribution in [0.15, 0.2) is 48.2 Å². The number of nitrogens with zero attached hydrogens (tertiary/aromatic N) is 4. The number of ketones is 1. The molecule has 1 unspecified atom stereocenters. The topological polar surface area (TPSA) is 134 Å². The van der Waals surface area contributed by atoms with Crippen LogP contribution >= 0.6 is 11.3 Å². The van der Waals surface area contributed by atoms with E-state index in [0.29, 0.717) is 22.6 Å². The van der Waals surface area contributed by atoms with E-state index in [4.69, 9.17) is 4.74 Å². The van der Waals surface area contributed by atoms with E-state index in [1.54, 1.807) is 36.6 Å². The third-order valence-electron chi connectivity index (χ3n) is 6.30. The molecule has 1 aromatic carbocycles. The number of hydrogen-bond acceptors (Lipinski definition) is 9. The van der Waals surface area contributed by atoms with E-state index < -0.39 is 29.5 Å². The Hall–Kier alpha value is -4.51. The van der Waals surface area contributed by atoms with Crippen LogP contribution in [-0.2, 0) is 14.3 Å². The lowest BCUT2D eigenvalue weighted by Crippen LogP contribution is -2.29. The van der Waals surface area contributed by atoms with Crippen molar-refractivity contribution in [3.05, 3.63) is 81.3 Å². The minimum absolute atomic E-state index is 0.0787. The first-order chi connectivity index (χ1) is 17.6. The number of hydrogen-bond donors (Lipinski definition) is 2. The van der Waals surface area contributed by atoms with Crippen LogP contribution in [0.2, 0.25) is 0 Å². The number of anilines is 1. The van der Waals surface area contributed by atoms with Crippen molar-refractivity contribution in [3.8, 4) is 5.75 Å². The number of ether oxygens (including phenoxy) is 1. The van der Waals surface area contributed by atoms with Gasteiger partial charge >= 0.3 is 11.9 Å². The van der Waals surface area contributed by atoms with Crippen LogP contribution in [0.4, 0.5) is 5.13 Å². The number of carbonyl (C=O) groups excluding carboxylic acids is 3. The van der Waals surface area contributed by atoms with Gasteiger partial charge in [0.15, 0.2) is 10.9 Å². The third kappa shape index (κ3) is 3.75. The molecule has 1 amide bonds. The van der Waals surface area contributed by atoms with Gasteiger partial charge in [-0.2, -0.15) is 0 Å². The maximum absolute atomic E-state index is 13.4. The smallest absolute Gasteiger partial charge is 0.350 e. The van der Waals surface area contributed by atoms with Gasteiger partial charge in [-0.15, -0.1) is 0 Å². The van der Waals surface area contributed by atoms with Gasteiger partial charge in [-0.05, 0) is 50.1 Å². The van der Waals surface area contributed by atoms with Gasteiger partial charge in [0.25, 0.3) is 5.78 Å². The fraction of sp³-hybridized carbons (Fsp3) is 0.192. The number of amides is 1. The standard InChI is InChI=1S/C26H22N4O6S/c1-12-7-6-10-29-14(3)18(28-23(12)29)20(32)17-19(15-8-5-9-16(31)11-15)30(24(34)21(17)33)26-27-13(2)22(37-26)25(35)36-4/h5-11,19,31-32H,1-4H3. The lowest BCUT2D eigenvalue weighted by atomic mass is 9.96. The molecule has 4 aromatic rings. The molecular formula is C26H22N4O6S. The average Bonchev–Trinajstić information content (AvgIpc) is 3.51. The summed E-state index contributed by atoms with van der Waals surface area (Å²) in [7, 11) is 1.24. The number of carbonyl (C=O) groups is 3. The van der Waals surface area contributed by atoms with Gasteiger partial charge in [-0.3, -0.25) is 14.5 Å². The summed E-state index contributed by atoms with van der Waals surface area (Å²) >= 11 is 0.897. The number of pyridine rings is 1. The second kappa shape index (κ2) is 8.86. The minimum Gasteiger partial charge on any atom is -0.508 e. The molecule has 1 saturated heterocycles. The molecule has 1 atom stereocenters. The molecule has 2 N–H and O–H groups in total. The Balaban J connectivity index is 1.76. The number of aromatic hydroxyl groups is 1. The molecule has 0 radical (unpaired) electrons. The molecule has 5 rings (SSSR count). The second-order valence-electron chi connectivity index (χ2n) is 8.60. The summed E-state index contributed by atoms with van der Waals surface area (Å²) in [6.45, 7) is 5.22. The van der Waals surface area contributed by atoms with Crippen LogP contribution in [-0.4, -0.2) is 49.4 Å². The Morgan fingerprint density at radius 2 is 1.86 bits per heavy atom. The van der Waals surface area contributed by atoms with Crippen LogP contribution < -0.4 is 4.90 Å². The van der Waals surface area contributed by atoms with Crippen LogP contribution in [0, 0.1) is 20.8 Å². The van der Waals surface area contributed by atoms with Crippen LogP contribution in [0.25, 0.3) is 11.4 Å². The zero-order valence-corrected chi connectivity index (χ0v) is 21.2. The molecule has 11 heteroatoms. The molecule has 1 aliphatic heterocycles. The predicted molar refractivity (Wildman–Crippen MR) is 136 cm³/mol. The fourth-order valence-electron chi connectivity index (χ4n) is 4.48. The van der Waals surface area contributed by atoms with Crippen molar-refractivity contribution >= 4 is 45.5 Å². The molecule has 37 heavy (non-hydrogen) atoms. The highest BCUT2D eigenvalue weighted by molar-refractivity contribution is 7.17. The van der Waals surface area contributed by atoms with E-state index in [2.05, 4.69) is 9.97 Å². The molecule has 188 valence electrons. The largest absolute Gasteiger partial charge is 0.508 e. The van der Waals surface area contributed by atoms with Crippen LogP contribution in [0.5, 0.6) is 5.75 Å². The van der Waals surface area contributed by atoms with Crippen LogP contribution in [0.1, 0.15) is 43.9 Å². The summed E-state index contributed by atoms with van der Waals surface area (Å²) in [4.78, 5) is 49.2. The Morgan fingerprint density at radius 1 is 1.11 bits per heavy atom. The van der Waals surface area contributed by atoms with Crippen molar-refractivity contribution in [2.75, 3.05) is 12.0 Å². The van der Waals surface area contributed by atoms with Crippen molar-refractivity contribution in [2.24, 2.45) is 0 Å². The van der Waals surface area contributed by atoms with E-state index >= 15 is 0 Å². The van der Waals surface area contributed by atoms with Crippen molar-refractivity contribution in [1.29, 1.82) is 0 Å². The van der Waals surface area contributed by atoms with Crippen molar-refractivity contribution in [1.82, 2.24) is 14.4 Å². The summed E-state index contributed by atoms with van der Waals surface area (Å²) in [5.74, 6) is -3.03. The second-order valence-corrected chi connectivity index (χ2v) is 9.57. The highest BCUT2D eigenvalue weighted by atomic mass is 32.1. The molecule has 3 aromatic heterocycles. The van der Waals surface area contributed by atoms with E-state index in [9.17, 15) is 24.6 Å². The number of aliphatic hydroxyl groups excluding tert-OH is 1. The van der Waals surface area contributed by atoms with Crippen molar-refractivity contribution in [2.45, 2.75) is 26.8 Å². The number of aliphatic hydroxyl groups is 1. The number of benzene rings is 1. The number of Topliss-reactive ketones (excluding diaryl/α,β-unsaturated/α-hetero) is 1. The van der Waals surface area contributed by atoms with Crippen LogP contribution in [0.3, 0.4) is 0 Å². The number of aryl methyl sites for hydroxylation is 3. The molecule has 10 nitrogen and oxygen atoms in total. The molecule has 4 heterocycles. The summed E-state index contributed by atoms with van der Waals surface area (Å²) in [6.07, 6.45) is 1.79. The molecule has 0 aliphatic carbocycles. The van der Waals surface area contributed by atoms with E-state index in [-0.39, 0.29) is 27.0 Å². The summed E-state index contributed by atoms with van der Waals surface area (Å²) in [5.41, 5.74) is 2.69. The summed E-state index contributed by atoms with van der Waals surface area (Å²) < 4.78 is 6.59.